The number of amides is 1. The zero-order chi connectivity index (χ0) is 23.3. The van der Waals surface area contributed by atoms with Gasteiger partial charge in [-0.1, -0.05) is 0 Å². The number of carbonyl (C=O) groups excluding carboxylic acids is 1. The molecular formula is C16H18CaN4O8S2. The first kappa shape index (κ1) is 29.1. The number of anilines is 3. The molecule has 0 fully saturated rings. The van der Waals surface area contributed by atoms with Crippen LogP contribution in [0.2, 0.25) is 0 Å². The van der Waals surface area contributed by atoms with Gasteiger partial charge in [-0.05, 0) is 49.2 Å². The van der Waals surface area contributed by atoms with Gasteiger partial charge in [-0.15, -0.1) is 0 Å². The first-order valence-corrected chi connectivity index (χ1v) is 10.7. The number of hydrogen-bond donors (Lipinski definition) is 4. The van der Waals surface area contributed by atoms with Gasteiger partial charge in [0.25, 0.3) is 10.1 Å². The minimum absolute atomic E-state index is 0. The number of nitrogens with zero attached hydrogens (tertiary/aromatic N) is 1. The molecule has 0 atom stereocenters. The number of aliphatic imine (C=N–C) groups is 1. The minimum Gasteiger partial charge on any atom is -0.862 e. The summed E-state index contributed by atoms with van der Waals surface area (Å²) >= 11 is 0. The summed E-state index contributed by atoms with van der Waals surface area (Å²) in [7, 11) is -9.01. The fourth-order valence-corrected chi connectivity index (χ4v) is 3.29. The van der Waals surface area contributed by atoms with E-state index < -0.39 is 35.9 Å². The van der Waals surface area contributed by atoms with Crippen LogP contribution < -0.4 is 21.9 Å². The Kier molecular flexibility index (Phi) is 10.9. The quantitative estimate of drug-likeness (QED) is 0.141. The molecule has 2 aromatic rings. The summed E-state index contributed by atoms with van der Waals surface area (Å²) in [5.74, 6) is -0.838. The van der Waals surface area contributed by atoms with Crippen molar-refractivity contribution in [2.24, 2.45) is 4.99 Å². The molecule has 0 heterocycles. The van der Waals surface area contributed by atoms with Crippen LogP contribution in [0.3, 0.4) is 0 Å². The van der Waals surface area contributed by atoms with Crippen LogP contribution in [0.15, 0.2) is 51.2 Å². The van der Waals surface area contributed by atoms with Gasteiger partial charge in [-0.2, -0.15) is 8.42 Å². The summed E-state index contributed by atoms with van der Waals surface area (Å²) < 4.78 is 62.7. The maximum absolute atomic E-state index is 10.9. The van der Waals surface area contributed by atoms with Crippen LogP contribution in [-0.4, -0.2) is 75.5 Å². The van der Waals surface area contributed by atoms with E-state index in [2.05, 4.69) is 10.3 Å². The van der Waals surface area contributed by atoms with Crippen molar-refractivity contribution in [2.45, 2.75) is 23.6 Å². The first-order valence-electron chi connectivity index (χ1n) is 7.83. The summed E-state index contributed by atoms with van der Waals surface area (Å²) in [6.07, 6.45) is 0. The number of carbonyl (C=O) groups is 1. The van der Waals surface area contributed by atoms with Gasteiger partial charge in [-0.3, -0.25) is 14.3 Å². The molecule has 31 heavy (non-hydrogen) atoms. The molecule has 0 aliphatic heterocycles. The molecule has 0 saturated carbocycles. The fraction of sp³-hybridized carbons (Fsp3) is 0.125. The van der Waals surface area contributed by atoms with Crippen molar-refractivity contribution in [3.05, 3.63) is 36.4 Å². The van der Waals surface area contributed by atoms with Crippen LogP contribution in [0, 0.1) is 0 Å². The number of nitrogens with one attached hydrogen (secondary N) is 1. The number of nitrogens with two attached hydrogens (primary N) is 2. The van der Waals surface area contributed by atoms with Crippen molar-refractivity contribution < 1.29 is 35.8 Å². The van der Waals surface area contributed by atoms with Crippen molar-refractivity contribution in [2.75, 3.05) is 16.8 Å². The molecular weight excluding hydrogens is 480 g/mol. The zero-order valence-electron chi connectivity index (χ0n) is 16.4. The number of nitrogen functional groups attached to an aromatic ring is 2. The molecule has 0 aliphatic carbocycles. The SMILES string of the molecule is CC(=O)Nc1ccc(N)c(S(=O)(=O)O)c1.CC([O-])=Nc1ccc(N)c(S(=O)(=O)[O-])c1.[Ca+2]. The second kappa shape index (κ2) is 11.6. The summed E-state index contributed by atoms with van der Waals surface area (Å²) in [6.45, 7) is 2.49. The third-order valence-electron chi connectivity index (χ3n) is 3.16. The van der Waals surface area contributed by atoms with Crippen LogP contribution in [0.5, 0.6) is 0 Å². The monoisotopic (exact) mass is 498 g/mol. The zero-order valence-corrected chi connectivity index (χ0v) is 20.2. The molecule has 1 amide bonds. The standard InChI is InChI=1S/2C8H10N2O4S.Ca/c2*1-5(11)10-6-2-3-7(9)8(4-6)15(12,13)14;/h2*2-4H,9H2,1H3,(H,10,11)(H,12,13,14);/q;;+2/p-2. The van der Waals surface area contributed by atoms with Crippen molar-refractivity contribution >= 4 is 92.5 Å². The molecule has 0 unspecified atom stereocenters. The Labute approximate surface area is 208 Å². The van der Waals surface area contributed by atoms with E-state index in [1.807, 2.05) is 0 Å². The fourth-order valence-electron chi connectivity index (χ4n) is 2.03. The predicted molar refractivity (Wildman–Crippen MR) is 112 cm³/mol. The van der Waals surface area contributed by atoms with Gasteiger partial charge in [0.1, 0.15) is 15.0 Å². The van der Waals surface area contributed by atoms with E-state index in [1.54, 1.807) is 0 Å². The summed E-state index contributed by atoms with van der Waals surface area (Å²) in [6, 6.07) is 7.35. The van der Waals surface area contributed by atoms with E-state index in [-0.39, 0.29) is 66.4 Å². The second-order valence-corrected chi connectivity index (χ2v) is 8.45. The van der Waals surface area contributed by atoms with Crippen LogP contribution in [0.25, 0.3) is 0 Å². The average molecular weight is 499 g/mol. The summed E-state index contributed by atoms with van der Waals surface area (Å²) in [4.78, 5) is 13.2. The van der Waals surface area contributed by atoms with Gasteiger partial charge in [0.2, 0.25) is 5.91 Å². The largest absolute Gasteiger partial charge is 2.00 e. The maximum Gasteiger partial charge on any atom is 2.00 e. The van der Waals surface area contributed by atoms with Gasteiger partial charge < -0.3 is 26.4 Å². The van der Waals surface area contributed by atoms with Crippen molar-refractivity contribution in [3.63, 3.8) is 0 Å². The van der Waals surface area contributed by atoms with E-state index in [0.717, 1.165) is 12.1 Å². The Morgan fingerprint density at radius 1 is 1.00 bits per heavy atom. The van der Waals surface area contributed by atoms with E-state index >= 15 is 0 Å². The number of hydrogen-bond acceptors (Lipinski definition) is 10. The Balaban J connectivity index is 0.000000562. The molecule has 0 radical (unpaired) electrons. The molecule has 0 bridgehead atoms. The first-order chi connectivity index (χ1) is 13.6. The van der Waals surface area contributed by atoms with E-state index in [0.29, 0.717) is 0 Å². The predicted octanol–water partition coefficient (Wildman–Crippen LogP) is -0.324. The molecule has 164 valence electrons. The average Bonchev–Trinajstić information content (AvgIpc) is 2.56. The summed E-state index contributed by atoms with van der Waals surface area (Å²) in [5.41, 5.74) is 10.8. The number of rotatable bonds is 4. The second-order valence-electron chi connectivity index (χ2n) is 5.72. The van der Waals surface area contributed by atoms with Crippen LogP contribution in [-0.2, 0) is 25.0 Å². The van der Waals surface area contributed by atoms with E-state index in [4.69, 9.17) is 16.0 Å². The van der Waals surface area contributed by atoms with Crippen LogP contribution in [0.4, 0.5) is 22.7 Å². The normalized spacial score (nSPS) is 11.5. The van der Waals surface area contributed by atoms with E-state index in [9.17, 15) is 31.3 Å². The van der Waals surface area contributed by atoms with Gasteiger partial charge in [0, 0.05) is 18.3 Å². The maximum atomic E-state index is 10.9. The molecule has 12 nitrogen and oxygen atoms in total. The third kappa shape index (κ3) is 9.82. The molecule has 0 aliphatic rings. The Morgan fingerprint density at radius 2 is 1.52 bits per heavy atom. The van der Waals surface area contributed by atoms with Crippen molar-refractivity contribution in [1.82, 2.24) is 0 Å². The summed E-state index contributed by atoms with van der Waals surface area (Å²) in [5, 5.41) is 13.0. The molecule has 2 rings (SSSR count). The molecule has 0 saturated heterocycles. The van der Waals surface area contributed by atoms with E-state index in [1.165, 1.54) is 38.1 Å². The molecule has 2 aromatic carbocycles. The Hall–Kier alpha value is -1.94. The Bertz CT molecular complexity index is 1190. The topological polar surface area (TPSA) is 228 Å². The van der Waals surface area contributed by atoms with Gasteiger partial charge in [-0.25, -0.2) is 8.42 Å². The van der Waals surface area contributed by atoms with Crippen molar-refractivity contribution in [1.29, 1.82) is 0 Å². The molecule has 0 spiro atoms. The third-order valence-corrected chi connectivity index (χ3v) is 4.97. The van der Waals surface area contributed by atoms with Crippen LogP contribution >= 0.6 is 0 Å². The van der Waals surface area contributed by atoms with Gasteiger partial charge in [0.15, 0.2) is 0 Å². The number of benzene rings is 2. The van der Waals surface area contributed by atoms with Crippen LogP contribution in [0.1, 0.15) is 13.8 Å². The van der Waals surface area contributed by atoms with Gasteiger partial charge >= 0.3 is 37.7 Å². The minimum atomic E-state index is -4.64. The molecule has 6 N–H and O–H groups in total. The molecule has 15 heteroatoms. The Morgan fingerprint density at radius 3 is 1.97 bits per heavy atom. The van der Waals surface area contributed by atoms with Crippen molar-refractivity contribution in [3.8, 4) is 0 Å². The smallest absolute Gasteiger partial charge is 0.862 e. The van der Waals surface area contributed by atoms with Gasteiger partial charge in [0.05, 0.1) is 16.3 Å². The molecule has 0 aromatic heterocycles.